The molecule has 1 amide bonds. The Morgan fingerprint density at radius 3 is 2.91 bits per heavy atom. The molecule has 6 heteroatoms. The molecule has 0 spiro atoms. The predicted octanol–water partition coefficient (Wildman–Crippen LogP) is 2.69. The molecule has 2 N–H and O–H groups in total. The Labute approximate surface area is 142 Å². The van der Waals surface area contributed by atoms with E-state index in [4.69, 9.17) is 16.3 Å². The van der Waals surface area contributed by atoms with Gasteiger partial charge in [0.15, 0.2) is 0 Å². The summed E-state index contributed by atoms with van der Waals surface area (Å²) in [5.41, 5.74) is 1.49. The van der Waals surface area contributed by atoms with E-state index in [9.17, 15) is 9.90 Å². The summed E-state index contributed by atoms with van der Waals surface area (Å²) in [5.74, 6) is 0.825. The van der Waals surface area contributed by atoms with E-state index in [-0.39, 0.29) is 25.1 Å². The lowest BCUT2D eigenvalue weighted by Gasteiger charge is -2.38. The summed E-state index contributed by atoms with van der Waals surface area (Å²) in [5, 5.41) is 13.1. The van der Waals surface area contributed by atoms with Crippen LogP contribution in [0.25, 0.3) is 0 Å². The van der Waals surface area contributed by atoms with Gasteiger partial charge in [0.25, 0.3) is 0 Å². The van der Waals surface area contributed by atoms with Crippen molar-refractivity contribution in [3.63, 3.8) is 0 Å². The normalized spacial score (nSPS) is 22.0. The molecule has 2 atom stereocenters. The quantitative estimate of drug-likeness (QED) is 0.865. The van der Waals surface area contributed by atoms with Gasteiger partial charge in [0.05, 0.1) is 25.9 Å². The maximum atomic E-state index is 12.4. The van der Waals surface area contributed by atoms with Crippen LogP contribution in [0.3, 0.4) is 0 Å². The lowest BCUT2D eigenvalue weighted by molar-refractivity contribution is -0.118. The molecular formula is C17H25ClN2O3. The highest BCUT2D eigenvalue weighted by Gasteiger charge is 2.29. The van der Waals surface area contributed by atoms with E-state index < -0.39 is 0 Å². The van der Waals surface area contributed by atoms with E-state index in [2.05, 4.69) is 17.1 Å². The van der Waals surface area contributed by atoms with Crippen LogP contribution < -0.4 is 10.1 Å². The van der Waals surface area contributed by atoms with Crippen LogP contribution in [0.15, 0.2) is 12.1 Å². The van der Waals surface area contributed by atoms with Crippen molar-refractivity contribution < 1.29 is 14.6 Å². The summed E-state index contributed by atoms with van der Waals surface area (Å²) >= 11 is 6.08. The van der Waals surface area contributed by atoms with Crippen LogP contribution in [-0.4, -0.2) is 48.8 Å². The van der Waals surface area contributed by atoms with Gasteiger partial charge in [-0.1, -0.05) is 18.5 Å². The van der Waals surface area contributed by atoms with Crippen LogP contribution in [0.2, 0.25) is 5.02 Å². The molecule has 1 aromatic carbocycles. The van der Waals surface area contributed by atoms with Crippen molar-refractivity contribution >= 4 is 23.2 Å². The smallest absolute Gasteiger partial charge is 0.238 e. The van der Waals surface area contributed by atoms with Crippen LogP contribution in [0.1, 0.15) is 25.3 Å². The second kappa shape index (κ2) is 7.99. The molecule has 1 aromatic rings. The molecule has 0 saturated carbocycles. The van der Waals surface area contributed by atoms with Gasteiger partial charge in [0.1, 0.15) is 5.75 Å². The second-order valence-electron chi connectivity index (χ2n) is 6.19. The number of likely N-dealkylation sites (tertiary alicyclic amines) is 1. The average Bonchev–Trinajstić information content (AvgIpc) is 2.51. The second-order valence-corrected chi connectivity index (χ2v) is 6.60. The van der Waals surface area contributed by atoms with Gasteiger partial charge in [-0.2, -0.15) is 0 Å². The number of rotatable bonds is 5. The van der Waals surface area contributed by atoms with E-state index in [1.54, 1.807) is 19.2 Å². The van der Waals surface area contributed by atoms with Crippen molar-refractivity contribution in [2.75, 3.05) is 32.1 Å². The molecule has 0 aromatic heterocycles. The Balaban J connectivity index is 2.06. The van der Waals surface area contributed by atoms with Gasteiger partial charge in [-0.3, -0.25) is 9.69 Å². The Hall–Kier alpha value is -1.30. The number of nitrogens with one attached hydrogen (secondary N) is 1. The van der Waals surface area contributed by atoms with E-state index in [1.165, 1.54) is 0 Å². The number of benzene rings is 1. The number of piperidine rings is 1. The number of carbonyl (C=O) groups is 1. The number of aliphatic hydroxyl groups is 1. The number of ether oxygens (including phenoxy) is 1. The first-order chi connectivity index (χ1) is 11.0. The number of amides is 1. The zero-order valence-corrected chi connectivity index (χ0v) is 14.7. The molecule has 0 radical (unpaired) electrons. The summed E-state index contributed by atoms with van der Waals surface area (Å²) in [7, 11) is 1.55. The van der Waals surface area contributed by atoms with Crippen LogP contribution in [0.5, 0.6) is 5.75 Å². The average molecular weight is 341 g/mol. The summed E-state index contributed by atoms with van der Waals surface area (Å²) in [6, 6.07) is 3.55. The summed E-state index contributed by atoms with van der Waals surface area (Å²) in [4.78, 5) is 14.4. The molecule has 0 bridgehead atoms. The third-order valence-corrected chi connectivity index (χ3v) is 4.93. The first-order valence-electron chi connectivity index (χ1n) is 7.95. The van der Waals surface area contributed by atoms with Gasteiger partial charge < -0.3 is 15.2 Å². The van der Waals surface area contributed by atoms with Crippen molar-refractivity contribution in [2.45, 2.75) is 32.7 Å². The fourth-order valence-corrected chi connectivity index (χ4v) is 3.28. The third-order valence-electron chi connectivity index (χ3n) is 4.52. The highest BCUT2D eigenvalue weighted by Crippen LogP contribution is 2.31. The zero-order valence-electron chi connectivity index (χ0n) is 13.9. The molecule has 5 nitrogen and oxygen atoms in total. The van der Waals surface area contributed by atoms with Crippen LogP contribution in [-0.2, 0) is 4.79 Å². The van der Waals surface area contributed by atoms with Crippen LogP contribution in [0.4, 0.5) is 5.69 Å². The van der Waals surface area contributed by atoms with Crippen molar-refractivity contribution in [2.24, 2.45) is 5.92 Å². The minimum absolute atomic E-state index is 0.0448. The fraction of sp³-hybridized carbons (Fsp3) is 0.588. The van der Waals surface area contributed by atoms with Crippen LogP contribution >= 0.6 is 11.6 Å². The van der Waals surface area contributed by atoms with E-state index in [0.717, 1.165) is 24.9 Å². The number of hydrogen-bond donors (Lipinski definition) is 2. The number of aryl methyl sites for hydroxylation is 1. The molecule has 1 aliphatic rings. The molecule has 1 saturated heterocycles. The maximum absolute atomic E-state index is 12.4. The molecular weight excluding hydrogens is 316 g/mol. The lowest BCUT2D eigenvalue weighted by atomic mass is 9.91. The fourth-order valence-electron chi connectivity index (χ4n) is 3.13. The number of hydrogen-bond acceptors (Lipinski definition) is 4. The van der Waals surface area contributed by atoms with Gasteiger partial charge >= 0.3 is 0 Å². The molecule has 128 valence electrons. The van der Waals surface area contributed by atoms with E-state index in [0.29, 0.717) is 22.4 Å². The summed E-state index contributed by atoms with van der Waals surface area (Å²) < 4.78 is 5.28. The molecule has 23 heavy (non-hydrogen) atoms. The number of nitrogens with zero attached hydrogens (tertiary/aromatic N) is 1. The van der Waals surface area contributed by atoms with Crippen molar-refractivity contribution in [3.8, 4) is 5.75 Å². The maximum Gasteiger partial charge on any atom is 0.238 e. The summed E-state index contributed by atoms with van der Waals surface area (Å²) in [6.07, 6.45) is 2.14. The number of methoxy groups -OCH3 is 1. The Bertz CT molecular complexity index is 565. The molecule has 2 unspecified atom stereocenters. The minimum atomic E-state index is -0.113. The van der Waals surface area contributed by atoms with Crippen molar-refractivity contribution in [1.29, 1.82) is 0 Å². The van der Waals surface area contributed by atoms with Crippen molar-refractivity contribution in [1.82, 2.24) is 4.90 Å². The summed E-state index contributed by atoms with van der Waals surface area (Å²) in [6.45, 7) is 5.18. The molecule has 2 rings (SSSR count). The molecule has 1 fully saturated rings. The topological polar surface area (TPSA) is 61.8 Å². The SMILES string of the molecule is COc1cc(Cl)c(C)cc1NC(=O)CN1CCCC(C)C1CO. The Morgan fingerprint density at radius 1 is 1.52 bits per heavy atom. The van der Waals surface area contributed by atoms with Gasteiger partial charge in [0, 0.05) is 17.1 Å². The van der Waals surface area contributed by atoms with Crippen molar-refractivity contribution in [3.05, 3.63) is 22.7 Å². The predicted molar refractivity (Wildman–Crippen MR) is 92.2 cm³/mol. The van der Waals surface area contributed by atoms with Gasteiger partial charge in [-0.15, -0.1) is 0 Å². The number of halogens is 1. The standard InChI is InChI=1S/C17H25ClN2O3/c1-11-5-4-6-20(15(11)10-21)9-17(22)19-14-7-12(2)13(18)8-16(14)23-3/h7-8,11,15,21H,4-6,9-10H2,1-3H3,(H,19,22). The monoisotopic (exact) mass is 340 g/mol. The Kier molecular flexibility index (Phi) is 6.27. The molecule has 1 aliphatic heterocycles. The van der Waals surface area contributed by atoms with E-state index in [1.807, 2.05) is 6.92 Å². The van der Waals surface area contributed by atoms with Crippen LogP contribution in [0, 0.1) is 12.8 Å². The highest BCUT2D eigenvalue weighted by molar-refractivity contribution is 6.31. The lowest BCUT2D eigenvalue weighted by Crippen LogP contribution is -2.49. The van der Waals surface area contributed by atoms with Gasteiger partial charge in [0.2, 0.25) is 5.91 Å². The third kappa shape index (κ3) is 4.37. The molecule has 0 aliphatic carbocycles. The minimum Gasteiger partial charge on any atom is -0.495 e. The number of anilines is 1. The Morgan fingerprint density at radius 2 is 2.26 bits per heavy atom. The number of aliphatic hydroxyl groups excluding tert-OH is 1. The number of carbonyl (C=O) groups excluding carboxylic acids is 1. The molecule has 1 heterocycles. The van der Waals surface area contributed by atoms with E-state index >= 15 is 0 Å². The highest BCUT2D eigenvalue weighted by atomic mass is 35.5. The first kappa shape index (κ1) is 18.0. The zero-order chi connectivity index (χ0) is 17.0. The van der Waals surface area contributed by atoms with Gasteiger partial charge in [-0.25, -0.2) is 0 Å². The van der Waals surface area contributed by atoms with Gasteiger partial charge in [-0.05, 0) is 43.9 Å². The first-order valence-corrected chi connectivity index (χ1v) is 8.33. The largest absolute Gasteiger partial charge is 0.495 e.